The van der Waals surface area contributed by atoms with Gasteiger partial charge in [-0.2, -0.15) is 19.2 Å². The second-order valence-corrected chi connectivity index (χ2v) is 52.7. The molecule has 6 heterocycles. The predicted molar refractivity (Wildman–Crippen MR) is 356 cm³/mol. The van der Waals surface area contributed by atoms with Crippen molar-refractivity contribution in [1.29, 1.82) is 0 Å². The van der Waals surface area contributed by atoms with Crippen LogP contribution < -0.4 is 9.80 Å². The molecule has 0 aromatic carbocycles. The second kappa shape index (κ2) is 28.8. The van der Waals surface area contributed by atoms with E-state index in [2.05, 4.69) is 110 Å². The second-order valence-electron chi connectivity index (χ2n) is 30.2. The van der Waals surface area contributed by atoms with E-state index in [9.17, 15) is 9.90 Å². The summed E-state index contributed by atoms with van der Waals surface area (Å²) < 4.78 is 34.0. The normalized spacial score (nSPS) is 20.6. The van der Waals surface area contributed by atoms with Crippen LogP contribution in [0.5, 0.6) is 0 Å². The molecule has 6 aromatic rings. The predicted octanol–water partition coefficient (Wildman–Crippen LogP) is 14.3. The third-order valence-electron chi connectivity index (χ3n) is 17.9. The van der Waals surface area contributed by atoms with Crippen molar-refractivity contribution >= 4 is 61.2 Å². The van der Waals surface area contributed by atoms with Crippen molar-refractivity contribution in [3.8, 4) is 22.3 Å². The molecule has 6 aromatic heterocycles. The van der Waals surface area contributed by atoms with Crippen molar-refractivity contribution in [3.63, 3.8) is 0 Å². The maximum Gasteiger partial charge on any atom is 0.356 e. The molecule has 0 aliphatic heterocycles. The summed E-state index contributed by atoms with van der Waals surface area (Å²) in [6, 6.07) is 16.4. The van der Waals surface area contributed by atoms with Crippen LogP contribution in [0.2, 0.25) is 103 Å². The lowest BCUT2D eigenvalue weighted by Gasteiger charge is -2.30. The van der Waals surface area contributed by atoms with Gasteiger partial charge in [-0.25, -0.2) is 19.7 Å². The van der Waals surface area contributed by atoms with E-state index in [4.69, 9.17) is 43.8 Å². The van der Waals surface area contributed by atoms with Gasteiger partial charge in [-0.1, -0.05) is 116 Å². The van der Waals surface area contributed by atoms with Gasteiger partial charge in [0.1, 0.15) is 44.3 Å². The van der Waals surface area contributed by atoms with Gasteiger partial charge >= 0.3 is 5.97 Å². The fourth-order valence-corrected chi connectivity index (χ4v) is 15.7. The minimum Gasteiger partial charge on any atom is -0.464 e. The molecule has 86 heavy (non-hydrogen) atoms. The number of aliphatic hydroxyl groups is 1. The number of aromatic nitrogens is 8. The molecule has 2 unspecified atom stereocenters. The molecule has 6 atom stereocenters. The quantitative estimate of drug-likeness (QED) is 0.0212. The number of rotatable bonds is 28. The summed E-state index contributed by atoms with van der Waals surface area (Å²) in [7, 11) is -3.49. The number of methoxy groups -OCH3 is 1. The zero-order chi connectivity index (χ0) is 61.4. The minimum atomic E-state index is -1.22. The smallest absolute Gasteiger partial charge is 0.356 e. The highest BCUT2D eigenvalue weighted by Crippen LogP contribution is 2.50. The number of nitrogens with zero attached hydrogens (tertiary/aromatic N) is 10. The Hall–Kier alpha value is -4.72. The zero-order valence-electron chi connectivity index (χ0n) is 54.4. The van der Waals surface area contributed by atoms with Gasteiger partial charge in [0.15, 0.2) is 11.3 Å². The van der Waals surface area contributed by atoms with E-state index >= 15 is 0 Å². The van der Waals surface area contributed by atoms with E-state index in [-0.39, 0.29) is 12.3 Å². The molecule has 4 aliphatic carbocycles. The Bertz CT molecular complexity index is 3090. The van der Waals surface area contributed by atoms with Crippen LogP contribution in [-0.2, 0) is 30.3 Å². The van der Waals surface area contributed by atoms with Crippen LogP contribution >= 0.6 is 0 Å². The maximum atomic E-state index is 12.0. The average Bonchev–Trinajstić information content (AvgIpc) is 1.83. The lowest BCUT2D eigenvalue weighted by Crippen LogP contribution is -2.33. The molecule has 0 saturated heterocycles. The highest BCUT2D eigenvalue weighted by atomic mass is 28.3. The first-order chi connectivity index (χ1) is 40.9. The Morgan fingerprint density at radius 1 is 0.523 bits per heavy atom. The van der Waals surface area contributed by atoms with Crippen molar-refractivity contribution in [2.24, 2.45) is 23.7 Å². The number of fused-ring (bicyclic) bond motifs is 6. The summed E-state index contributed by atoms with van der Waals surface area (Å²) in [6.45, 7) is 33.2. The number of hydrogen-bond donors (Lipinski definition) is 1. The summed E-state index contributed by atoms with van der Waals surface area (Å²) in [5.74, 6) is 5.58. The SMILES string of the molecule is COC(=O)c1ccc(-c2cnn3c(N(COCC[Si](C)(C)C)COCC[Si](C)(C)C)cc(C4C[C@H]5CC[C@@H](C4)C5)nc23)cn1.C[Si](C)(C)CCOCN(COCC[Si](C)(C)C)c1cc(C2C[C@H]3CC[C@@H](C2)C3)nc2c(-c3ccc(CO)nc3)cnn12. The molecule has 4 aliphatic rings. The van der Waals surface area contributed by atoms with Crippen LogP contribution in [-0.4, -0.2) is 143 Å². The molecule has 0 radical (unpaired) electrons. The van der Waals surface area contributed by atoms with Crippen LogP contribution in [0.1, 0.15) is 104 Å². The highest BCUT2D eigenvalue weighted by Gasteiger charge is 2.38. The van der Waals surface area contributed by atoms with Gasteiger partial charge in [0.05, 0.1) is 31.8 Å². The van der Waals surface area contributed by atoms with Gasteiger partial charge in [0, 0.05) is 129 Å². The van der Waals surface area contributed by atoms with Crippen molar-refractivity contribution in [2.45, 2.75) is 185 Å². The van der Waals surface area contributed by atoms with Crippen molar-refractivity contribution in [2.75, 3.05) is 70.3 Å². The Kier molecular flexibility index (Phi) is 22.0. The summed E-state index contributed by atoms with van der Waals surface area (Å²) in [6.07, 6.45) is 20.2. The molecule has 4 fully saturated rings. The van der Waals surface area contributed by atoms with E-state index in [0.717, 1.165) is 131 Å². The Labute approximate surface area is 516 Å². The molecular weight excluding hydrogens is 1150 g/mol. The van der Waals surface area contributed by atoms with E-state index in [1.807, 2.05) is 45.8 Å². The van der Waals surface area contributed by atoms with E-state index in [1.165, 1.54) is 71.3 Å². The lowest BCUT2D eigenvalue weighted by molar-refractivity contribution is 0.0594. The topological polar surface area (TPSA) is 176 Å². The first kappa shape index (κ1) is 65.7. The molecule has 0 amide bonds. The summed E-state index contributed by atoms with van der Waals surface area (Å²) >= 11 is 0. The molecule has 17 nitrogen and oxygen atoms in total. The molecule has 1 N–H and O–H groups in total. The summed E-state index contributed by atoms with van der Waals surface area (Å²) in [5.41, 5.74) is 8.48. The maximum absolute atomic E-state index is 12.0. The number of ether oxygens (including phenoxy) is 5. The number of hydrogen-bond acceptors (Lipinski definition) is 15. The van der Waals surface area contributed by atoms with Crippen LogP contribution in [0.25, 0.3) is 33.5 Å². The molecular formula is C65H102N10O7Si4. The van der Waals surface area contributed by atoms with Gasteiger partial charge in [-0.15, -0.1) is 0 Å². The van der Waals surface area contributed by atoms with Gasteiger partial charge in [-0.3, -0.25) is 4.98 Å². The van der Waals surface area contributed by atoms with Gasteiger partial charge in [0.25, 0.3) is 0 Å². The molecule has 21 heteroatoms. The molecule has 470 valence electrons. The molecule has 0 spiro atoms. The van der Waals surface area contributed by atoms with Crippen molar-refractivity contribution in [3.05, 3.63) is 84.0 Å². The standard InChI is InChI=1S/C33H51N5O4Si2.C32H51N5O3Si2/c1-40-33(39)29-11-10-26(20-34-29)28-21-35-38-31(19-30(36-32(28)38)27-17-24-8-9-25(16-24)18-27)37(22-41-12-14-43(2,3)4)23-42-13-15-44(5,6)7;1-41(2,3)13-11-39-22-36(23-40-12-14-42(4,5)6)31-18-30(27-16-24-7-8-25(15-24)17-27)35-32-29(20-34-37(31)32)26-9-10-28(21-38)33-19-26/h10-11,19-21,24-25,27H,8-9,12-18,22-23H2,1-7H3;9-10,18-20,24-25,27,38H,7-8,11-17,21-23H2,1-6H3/t2*24-,25+,27?. The number of anilines is 2. The van der Waals surface area contributed by atoms with Gasteiger partial charge in [0.2, 0.25) is 0 Å². The summed E-state index contributed by atoms with van der Waals surface area (Å²) in [5, 5.41) is 19.2. The first-order valence-electron chi connectivity index (χ1n) is 32.1. The monoisotopic (exact) mass is 1250 g/mol. The third kappa shape index (κ3) is 18.2. The lowest BCUT2D eigenvalue weighted by atomic mass is 9.79. The zero-order valence-corrected chi connectivity index (χ0v) is 58.4. The molecule has 10 rings (SSSR count). The van der Waals surface area contributed by atoms with Crippen molar-refractivity contribution in [1.82, 2.24) is 39.2 Å². The Balaban J connectivity index is 0.000000206. The Morgan fingerprint density at radius 3 is 1.21 bits per heavy atom. The van der Waals surface area contributed by atoms with Crippen LogP contribution in [0.3, 0.4) is 0 Å². The Morgan fingerprint density at radius 2 is 0.895 bits per heavy atom. The fraction of sp³-hybridized carbons (Fsp3) is 0.646. The van der Waals surface area contributed by atoms with Crippen LogP contribution in [0.4, 0.5) is 11.6 Å². The van der Waals surface area contributed by atoms with Crippen LogP contribution in [0.15, 0.2) is 61.2 Å². The number of carbonyl (C=O) groups is 1. The van der Waals surface area contributed by atoms with E-state index in [1.54, 1.807) is 12.3 Å². The molecule has 4 bridgehead atoms. The van der Waals surface area contributed by atoms with Crippen LogP contribution in [0, 0.1) is 23.7 Å². The van der Waals surface area contributed by atoms with Crippen molar-refractivity contribution < 1.29 is 33.6 Å². The highest BCUT2D eigenvalue weighted by molar-refractivity contribution is 6.77. The number of pyridine rings is 2. The fourth-order valence-electron chi connectivity index (χ4n) is 12.7. The number of carbonyl (C=O) groups excluding carboxylic acids is 1. The first-order valence-corrected chi connectivity index (χ1v) is 46.9. The minimum absolute atomic E-state index is 0.0734. The van der Waals surface area contributed by atoms with Gasteiger partial charge < -0.3 is 38.6 Å². The average molecular weight is 1250 g/mol. The van der Waals surface area contributed by atoms with E-state index < -0.39 is 38.3 Å². The number of aliphatic hydroxyl groups excluding tert-OH is 1. The number of esters is 1. The molecule has 4 saturated carbocycles. The van der Waals surface area contributed by atoms with E-state index in [0.29, 0.717) is 44.5 Å². The third-order valence-corrected chi connectivity index (χ3v) is 24.8. The summed E-state index contributed by atoms with van der Waals surface area (Å²) in [4.78, 5) is 35.8. The van der Waals surface area contributed by atoms with Gasteiger partial charge in [-0.05, 0) is 98.5 Å². The largest absolute Gasteiger partial charge is 0.464 e.